The molecule has 0 atom stereocenters. The van der Waals surface area contributed by atoms with Gasteiger partial charge in [-0.1, -0.05) is 30.3 Å². The molecule has 0 heterocycles. The molecule has 6 nitrogen and oxygen atoms in total. The van der Waals surface area contributed by atoms with Gasteiger partial charge in [0.25, 0.3) is 5.91 Å². The van der Waals surface area contributed by atoms with Gasteiger partial charge in [-0.3, -0.25) is 9.59 Å². The molecule has 0 aliphatic carbocycles. The number of rotatable bonds is 7. The quantitative estimate of drug-likeness (QED) is 0.585. The summed E-state index contributed by atoms with van der Waals surface area (Å²) in [5.74, 6) is -3.51. The van der Waals surface area contributed by atoms with Gasteiger partial charge in [-0.15, -0.1) is 0 Å². The zero-order valence-electron chi connectivity index (χ0n) is 16.1. The Morgan fingerprint density at radius 3 is 2.16 bits per heavy atom. The molecule has 31 heavy (non-hydrogen) atoms. The Labute approximate surface area is 177 Å². The highest BCUT2D eigenvalue weighted by Crippen LogP contribution is 2.17. The number of anilines is 1. The van der Waals surface area contributed by atoms with Crippen LogP contribution in [0, 0.1) is 11.6 Å². The molecule has 3 rings (SSSR count). The molecule has 160 valence electrons. The molecule has 0 spiro atoms. The van der Waals surface area contributed by atoms with Gasteiger partial charge in [0.2, 0.25) is 5.91 Å². The third kappa shape index (κ3) is 5.95. The van der Waals surface area contributed by atoms with Crippen molar-refractivity contribution < 1.29 is 26.8 Å². The van der Waals surface area contributed by atoms with Gasteiger partial charge in [0.15, 0.2) is 21.5 Å². The van der Waals surface area contributed by atoms with Crippen molar-refractivity contribution in [3.63, 3.8) is 0 Å². The van der Waals surface area contributed by atoms with Crippen LogP contribution in [0.4, 0.5) is 14.5 Å². The Morgan fingerprint density at radius 1 is 0.839 bits per heavy atom. The van der Waals surface area contributed by atoms with E-state index in [0.717, 1.165) is 12.1 Å². The van der Waals surface area contributed by atoms with Crippen molar-refractivity contribution in [3.8, 4) is 0 Å². The van der Waals surface area contributed by atoms with Crippen LogP contribution in [0.15, 0.2) is 77.7 Å². The van der Waals surface area contributed by atoms with Crippen molar-refractivity contribution in [3.05, 3.63) is 95.6 Å². The van der Waals surface area contributed by atoms with Gasteiger partial charge in [0.1, 0.15) is 0 Å². The molecule has 0 radical (unpaired) electrons. The summed E-state index contributed by atoms with van der Waals surface area (Å²) in [5, 5.41) is 4.74. The SMILES string of the molecule is O=C(CNC(=O)c1ccc(CS(=O)(=O)c2ccccc2)cc1)Nc1ccc(F)c(F)c1. The number of hydrogen-bond donors (Lipinski definition) is 2. The largest absolute Gasteiger partial charge is 0.343 e. The van der Waals surface area contributed by atoms with Gasteiger partial charge < -0.3 is 10.6 Å². The summed E-state index contributed by atoms with van der Waals surface area (Å²) in [6, 6.07) is 16.9. The fourth-order valence-corrected chi connectivity index (χ4v) is 4.09. The number of carbonyl (C=O) groups excluding carboxylic acids is 2. The van der Waals surface area contributed by atoms with Crippen molar-refractivity contribution in [1.29, 1.82) is 0 Å². The number of nitrogens with one attached hydrogen (secondary N) is 2. The van der Waals surface area contributed by atoms with Crippen molar-refractivity contribution >= 4 is 27.3 Å². The Balaban J connectivity index is 1.55. The molecule has 0 fully saturated rings. The summed E-state index contributed by atoms with van der Waals surface area (Å²) in [5.41, 5.74) is 0.806. The van der Waals surface area contributed by atoms with E-state index in [0.29, 0.717) is 5.56 Å². The lowest BCUT2D eigenvalue weighted by molar-refractivity contribution is -0.115. The molecule has 0 saturated heterocycles. The van der Waals surface area contributed by atoms with E-state index in [1.54, 1.807) is 18.2 Å². The average molecular weight is 444 g/mol. The maximum absolute atomic E-state index is 13.2. The summed E-state index contributed by atoms with van der Waals surface area (Å²) in [7, 11) is -3.51. The Bertz CT molecular complexity index is 1200. The fraction of sp³-hybridized carbons (Fsp3) is 0.0909. The zero-order valence-corrected chi connectivity index (χ0v) is 17.0. The van der Waals surface area contributed by atoms with Gasteiger partial charge in [-0.2, -0.15) is 0 Å². The first-order valence-corrected chi connectivity index (χ1v) is 10.8. The monoisotopic (exact) mass is 444 g/mol. The van der Waals surface area contributed by atoms with Crippen LogP contribution in [0.5, 0.6) is 0 Å². The first-order valence-electron chi connectivity index (χ1n) is 9.14. The molecule has 0 saturated carbocycles. The van der Waals surface area contributed by atoms with E-state index in [1.165, 1.54) is 42.5 Å². The summed E-state index contributed by atoms with van der Waals surface area (Å²) in [4.78, 5) is 24.3. The topological polar surface area (TPSA) is 92.3 Å². The highest BCUT2D eigenvalue weighted by Gasteiger charge is 2.15. The van der Waals surface area contributed by atoms with Gasteiger partial charge in [-0.05, 0) is 42.0 Å². The fourth-order valence-electron chi connectivity index (χ4n) is 2.72. The van der Waals surface area contributed by atoms with Crippen molar-refractivity contribution in [1.82, 2.24) is 5.32 Å². The molecule has 0 aliphatic heterocycles. The number of halogens is 2. The predicted molar refractivity (Wildman–Crippen MR) is 111 cm³/mol. The average Bonchev–Trinajstić information content (AvgIpc) is 2.75. The highest BCUT2D eigenvalue weighted by molar-refractivity contribution is 7.90. The van der Waals surface area contributed by atoms with Gasteiger partial charge in [0.05, 0.1) is 17.2 Å². The van der Waals surface area contributed by atoms with E-state index in [1.807, 2.05) is 0 Å². The van der Waals surface area contributed by atoms with Crippen LogP contribution in [0.2, 0.25) is 0 Å². The molecule has 9 heteroatoms. The van der Waals surface area contributed by atoms with Gasteiger partial charge in [0, 0.05) is 17.3 Å². The third-order valence-corrected chi connectivity index (χ3v) is 5.99. The maximum atomic E-state index is 13.2. The maximum Gasteiger partial charge on any atom is 0.251 e. The molecule has 0 unspecified atom stereocenters. The van der Waals surface area contributed by atoms with Crippen LogP contribution >= 0.6 is 0 Å². The second-order valence-electron chi connectivity index (χ2n) is 6.63. The van der Waals surface area contributed by atoms with Crippen molar-refractivity contribution in [2.75, 3.05) is 11.9 Å². The lowest BCUT2D eigenvalue weighted by Crippen LogP contribution is -2.32. The van der Waals surface area contributed by atoms with Crippen LogP contribution in [0.3, 0.4) is 0 Å². The lowest BCUT2D eigenvalue weighted by Gasteiger charge is -2.08. The summed E-state index contributed by atoms with van der Waals surface area (Å²) in [6.45, 7) is -0.387. The second kappa shape index (κ2) is 9.48. The first-order chi connectivity index (χ1) is 14.7. The summed E-state index contributed by atoms with van der Waals surface area (Å²) < 4.78 is 50.9. The molecule has 0 aliphatic rings. The Hall–Kier alpha value is -3.59. The second-order valence-corrected chi connectivity index (χ2v) is 8.62. The zero-order chi connectivity index (χ0) is 22.4. The number of sulfone groups is 1. The molecule has 3 aromatic rings. The van der Waals surface area contributed by atoms with E-state index in [9.17, 15) is 26.8 Å². The lowest BCUT2D eigenvalue weighted by atomic mass is 10.1. The van der Waals surface area contributed by atoms with Gasteiger partial charge >= 0.3 is 0 Å². The van der Waals surface area contributed by atoms with Crippen LogP contribution in [0.25, 0.3) is 0 Å². The molecule has 0 bridgehead atoms. The van der Waals surface area contributed by atoms with E-state index >= 15 is 0 Å². The van der Waals surface area contributed by atoms with Crippen molar-refractivity contribution in [2.45, 2.75) is 10.6 Å². The number of amides is 2. The van der Waals surface area contributed by atoms with Gasteiger partial charge in [-0.25, -0.2) is 17.2 Å². The number of benzene rings is 3. The third-order valence-electron chi connectivity index (χ3n) is 4.29. The number of hydrogen-bond acceptors (Lipinski definition) is 4. The van der Waals surface area contributed by atoms with E-state index < -0.39 is 33.3 Å². The minimum atomic E-state index is -3.51. The van der Waals surface area contributed by atoms with Crippen LogP contribution in [0.1, 0.15) is 15.9 Å². The van der Waals surface area contributed by atoms with E-state index in [-0.39, 0.29) is 28.4 Å². The minimum absolute atomic E-state index is 0.0575. The van der Waals surface area contributed by atoms with E-state index in [2.05, 4.69) is 10.6 Å². The molecular formula is C22H18F2N2O4S. The standard InChI is InChI=1S/C22H18F2N2O4S/c23-19-11-10-17(12-20(19)24)26-21(27)13-25-22(28)16-8-6-15(7-9-16)14-31(29,30)18-4-2-1-3-5-18/h1-12H,13-14H2,(H,25,28)(H,26,27). The first kappa shape index (κ1) is 22.1. The van der Waals surface area contributed by atoms with Crippen LogP contribution in [-0.2, 0) is 20.4 Å². The smallest absolute Gasteiger partial charge is 0.251 e. The number of carbonyl (C=O) groups is 2. The molecular weight excluding hydrogens is 426 g/mol. The highest BCUT2D eigenvalue weighted by atomic mass is 32.2. The van der Waals surface area contributed by atoms with Crippen LogP contribution < -0.4 is 10.6 Å². The predicted octanol–water partition coefficient (Wildman–Crippen LogP) is 3.31. The molecule has 2 N–H and O–H groups in total. The van der Waals surface area contributed by atoms with Crippen LogP contribution in [-0.4, -0.2) is 26.8 Å². The van der Waals surface area contributed by atoms with Crippen molar-refractivity contribution in [2.24, 2.45) is 0 Å². The summed E-state index contributed by atoms with van der Waals surface area (Å²) >= 11 is 0. The Morgan fingerprint density at radius 2 is 1.52 bits per heavy atom. The molecule has 0 aromatic heterocycles. The summed E-state index contributed by atoms with van der Waals surface area (Å²) in [6.07, 6.45) is 0. The molecule has 3 aromatic carbocycles. The normalized spacial score (nSPS) is 11.0. The minimum Gasteiger partial charge on any atom is -0.343 e. The van der Waals surface area contributed by atoms with E-state index in [4.69, 9.17) is 0 Å². The Kier molecular flexibility index (Phi) is 6.76. The molecule has 2 amide bonds.